The lowest BCUT2D eigenvalue weighted by Gasteiger charge is -2.27. The molecular weight excluding hydrogens is 1000 g/mol. The van der Waals surface area contributed by atoms with Crippen LogP contribution in [0.5, 0.6) is 0 Å². The van der Waals surface area contributed by atoms with Gasteiger partial charge in [-0.3, -0.25) is 18.6 Å². The van der Waals surface area contributed by atoms with Crippen molar-refractivity contribution >= 4 is 19.7 Å². The minimum Gasteiger partial charge on any atom is -0.456 e. The second-order valence-electron chi connectivity index (χ2n) is 22.9. The minimum absolute atomic E-state index is 0.0309. The molecule has 0 bridgehead atoms. The van der Waals surface area contributed by atoms with E-state index >= 15 is 0 Å². The molecule has 0 aliphatic rings. The molecule has 456 valence electrons. The van der Waals surface area contributed by atoms with E-state index in [0.717, 1.165) is 116 Å². The molecule has 0 spiro atoms. The molecule has 0 saturated heterocycles. The first-order chi connectivity index (χ1) is 38.4. The van der Waals surface area contributed by atoms with Crippen LogP contribution in [0, 0.1) is 0 Å². The van der Waals surface area contributed by atoms with Crippen LogP contribution in [0.25, 0.3) is 0 Å². The second-order valence-corrected chi connectivity index (χ2v) is 24.4. The number of nitrogens with zero attached hydrogens (tertiary/aromatic N) is 1. The van der Waals surface area contributed by atoms with E-state index in [1.54, 1.807) is 0 Å². The Hall–Kier alpha value is -3.07. The molecule has 3 atom stereocenters. The van der Waals surface area contributed by atoms with Crippen molar-refractivity contribution in [2.24, 2.45) is 0 Å². The predicted molar refractivity (Wildman–Crippen MR) is 341 cm³/mol. The van der Waals surface area contributed by atoms with E-state index in [4.69, 9.17) is 13.8 Å². The summed E-state index contributed by atoms with van der Waals surface area (Å²) in [6.45, 7) is 6.93. The number of esters is 1. The van der Waals surface area contributed by atoms with Crippen molar-refractivity contribution in [3.05, 3.63) is 97.2 Å². The first-order valence-corrected chi connectivity index (χ1v) is 34.1. The summed E-state index contributed by atoms with van der Waals surface area (Å²) < 4.78 is 30.7. The highest BCUT2D eigenvalue weighted by Crippen LogP contribution is 2.43. The molecule has 2 N–H and O–H groups in total. The van der Waals surface area contributed by atoms with Crippen LogP contribution in [0.1, 0.15) is 278 Å². The molecule has 0 aromatic carbocycles. The molecule has 9 nitrogen and oxygen atoms in total. The van der Waals surface area contributed by atoms with Crippen LogP contribution >= 0.6 is 7.82 Å². The Labute approximate surface area is 488 Å². The summed E-state index contributed by atoms with van der Waals surface area (Å²) in [7, 11) is 1.47. The van der Waals surface area contributed by atoms with Crippen LogP contribution in [0.3, 0.4) is 0 Å². The average molecular weight is 1120 g/mol. The van der Waals surface area contributed by atoms with E-state index in [0.29, 0.717) is 23.9 Å². The van der Waals surface area contributed by atoms with E-state index in [-0.39, 0.29) is 31.5 Å². The number of phosphoric ester groups is 1. The zero-order chi connectivity index (χ0) is 57.9. The van der Waals surface area contributed by atoms with Gasteiger partial charge < -0.3 is 19.4 Å². The molecule has 0 heterocycles. The number of carbonyl (C=O) groups is 2. The number of phosphoric acid groups is 1. The van der Waals surface area contributed by atoms with E-state index in [1.165, 1.54) is 122 Å². The lowest BCUT2D eigenvalue weighted by Crippen LogP contribution is -2.47. The summed E-state index contributed by atoms with van der Waals surface area (Å²) >= 11 is 0. The predicted octanol–water partition coefficient (Wildman–Crippen LogP) is 20.3. The van der Waals surface area contributed by atoms with Gasteiger partial charge in [-0.1, -0.05) is 247 Å². The molecule has 79 heavy (non-hydrogen) atoms. The lowest BCUT2D eigenvalue weighted by molar-refractivity contribution is -0.870. The average Bonchev–Trinajstić information content (AvgIpc) is 3.41. The lowest BCUT2D eigenvalue weighted by atomic mass is 10.0. The van der Waals surface area contributed by atoms with Crippen molar-refractivity contribution in [2.45, 2.75) is 290 Å². The number of rotatable bonds is 58. The molecule has 0 fully saturated rings. The molecule has 0 aliphatic carbocycles. The van der Waals surface area contributed by atoms with Crippen molar-refractivity contribution in [1.82, 2.24) is 5.32 Å². The van der Waals surface area contributed by atoms with E-state index in [9.17, 15) is 19.0 Å². The fourth-order valence-electron chi connectivity index (χ4n) is 8.93. The van der Waals surface area contributed by atoms with Gasteiger partial charge in [-0.25, -0.2) is 4.57 Å². The number of hydrogen-bond donors (Lipinski definition) is 2. The topological polar surface area (TPSA) is 111 Å². The van der Waals surface area contributed by atoms with Crippen LogP contribution < -0.4 is 5.32 Å². The summed E-state index contributed by atoms with van der Waals surface area (Å²) in [6.07, 6.45) is 78.3. The Kier molecular flexibility index (Phi) is 55.9. The summed E-state index contributed by atoms with van der Waals surface area (Å²) in [5.41, 5.74) is 0. The van der Waals surface area contributed by atoms with Gasteiger partial charge in [0.1, 0.15) is 19.3 Å². The first kappa shape index (κ1) is 75.9. The maximum absolute atomic E-state index is 13.6. The Morgan fingerprint density at radius 3 is 1.18 bits per heavy atom. The third-order valence-electron chi connectivity index (χ3n) is 14.0. The molecule has 0 aliphatic heterocycles. The fourth-order valence-corrected chi connectivity index (χ4v) is 9.67. The van der Waals surface area contributed by atoms with Gasteiger partial charge in [-0.15, -0.1) is 0 Å². The van der Waals surface area contributed by atoms with Crippen molar-refractivity contribution in [3.63, 3.8) is 0 Å². The largest absolute Gasteiger partial charge is 0.472 e. The van der Waals surface area contributed by atoms with Gasteiger partial charge in [-0.2, -0.15) is 0 Å². The van der Waals surface area contributed by atoms with Crippen molar-refractivity contribution in [1.29, 1.82) is 0 Å². The molecule has 0 aromatic rings. The van der Waals surface area contributed by atoms with E-state index in [2.05, 4.69) is 111 Å². The number of ether oxygens (including phenoxy) is 1. The molecule has 0 radical (unpaired) electrons. The van der Waals surface area contributed by atoms with Crippen LogP contribution in [-0.4, -0.2) is 74.3 Å². The zero-order valence-corrected chi connectivity index (χ0v) is 53.0. The molecular formula is C69H124N2O7P+. The molecule has 0 saturated carbocycles. The van der Waals surface area contributed by atoms with Gasteiger partial charge in [0.25, 0.3) is 0 Å². The smallest absolute Gasteiger partial charge is 0.456 e. The SMILES string of the molecule is CCCCC/C=C\C/C=C\C/C=C\C/C=C\CCCCCCCC(=O)OC(/C=C/CCCCCCCCCCC)C(COP(=O)(O)OCC[N+](C)(C)C)NC(=O)CCCCCCCCCC/C=C\C/C=C\C/C=C\CCCCC. The number of carbonyl (C=O) groups excluding carboxylic acids is 2. The van der Waals surface area contributed by atoms with Gasteiger partial charge >= 0.3 is 13.8 Å². The van der Waals surface area contributed by atoms with Gasteiger partial charge in [-0.05, 0) is 115 Å². The number of allylic oxidation sites excluding steroid dienone is 15. The zero-order valence-electron chi connectivity index (χ0n) is 52.1. The number of amides is 1. The van der Waals surface area contributed by atoms with Gasteiger partial charge in [0.2, 0.25) is 5.91 Å². The summed E-state index contributed by atoms with van der Waals surface area (Å²) in [5.74, 6) is -0.536. The molecule has 10 heteroatoms. The standard InChI is InChI=1S/C69H123N2O7P/c1-7-10-13-16-19-22-25-27-29-31-33-35-37-39-41-43-46-49-52-55-58-61-68(72)70-66(65-77-79(74,75)76-64-63-71(4,5)6)67(60-57-54-51-48-45-24-21-18-15-12-9-3)78-69(73)62-59-56-53-50-47-44-42-40-38-36-34-32-30-28-26-23-20-17-14-11-8-2/h19-20,22-23,27-30,33-36,40,42,57,60,66-67H,7-18,21,24-26,31-32,37-39,41,43-56,58-59,61-65H2,1-6H3,(H-,70,72,74,75)/p+1/b22-19-,23-20-,29-27-,30-28-,35-33-,36-34-,42-40-,60-57+. The van der Waals surface area contributed by atoms with Crippen molar-refractivity contribution in [2.75, 3.05) is 40.9 Å². The number of quaternary nitrogens is 1. The molecule has 1 amide bonds. The Bertz CT molecular complexity index is 1670. The maximum atomic E-state index is 13.6. The highest BCUT2D eigenvalue weighted by atomic mass is 31.2. The Balaban J connectivity index is 5.22. The van der Waals surface area contributed by atoms with Gasteiger partial charge in [0.05, 0.1) is 33.8 Å². The fraction of sp³-hybridized carbons (Fsp3) is 0.739. The third-order valence-corrected chi connectivity index (χ3v) is 15.0. The van der Waals surface area contributed by atoms with Crippen LogP contribution in [0.4, 0.5) is 0 Å². The molecule has 3 unspecified atom stereocenters. The maximum Gasteiger partial charge on any atom is 0.472 e. The minimum atomic E-state index is -4.46. The molecule has 0 aromatic heterocycles. The van der Waals surface area contributed by atoms with Crippen LogP contribution in [0.2, 0.25) is 0 Å². The second kappa shape index (κ2) is 58.1. The number of unbranched alkanes of at least 4 members (excludes halogenated alkanes) is 28. The van der Waals surface area contributed by atoms with Crippen LogP contribution in [0.15, 0.2) is 97.2 Å². The van der Waals surface area contributed by atoms with E-state index in [1.807, 2.05) is 33.3 Å². The van der Waals surface area contributed by atoms with Gasteiger partial charge in [0.15, 0.2) is 0 Å². The molecule has 0 rings (SSSR count). The van der Waals surface area contributed by atoms with Crippen molar-refractivity contribution in [3.8, 4) is 0 Å². The highest BCUT2D eigenvalue weighted by Gasteiger charge is 2.30. The summed E-state index contributed by atoms with van der Waals surface area (Å²) in [6, 6.07) is -0.866. The quantitative estimate of drug-likeness (QED) is 0.0205. The normalized spacial score (nSPS) is 14.3. The van der Waals surface area contributed by atoms with Gasteiger partial charge in [0, 0.05) is 12.8 Å². The third kappa shape index (κ3) is 59.4. The summed E-state index contributed by atoms with van der Waals surface area (Å²) in [5, 5.41) is 3.05. The summed E-state index contributed by atoms with van der Waals surface area (Å²) in [4.78, 5) is 37.8. The highest BCUT2D eigenvalue weighted by molar-refractivity contribution is 7.47. The number of hydrogen-bond acceptors (Lipinski definition) is 6. The Morgan fingerprint density at radius 2 is 0.772 bits per heavy atom. The van der Waals surface area contributed by atoms with Crippen LogP contribution in [-0.2, 0) is 27.9 Å². The Morgan fingerprint density at radius 1 is 0.443 bits per heavy atom. The number of likely N-dealkylation sites (N-methyl/N-ethyl adjacent to an activating group) is 1. The van der Waals surface area contributed by atoms with E-state index < -0.39 is 20.0 Å². The van der Waals surface area contributed by atoms with Crippen molar-refractivity contribution < 1.29 is 37.3 Å². The monoisotopic (exact) mass is 1120 g/mol. The first-order valence-electron chi connectivity index (χ1n) is 32.6. The number of nitrogens with one attached hydrogen (secondary N) is 1.